The van der Waals surface area contributed by atoms with Crippen LogP contribution in [0.4, 0.5) is 0 Å². The number of nitrogens with two attached hydrogens (primary N) is 1. The van der Waals surface area contributed by atoms with E-state index in [4.69, 9.17) is 9.66 Å². The zero-order valence-corrected chi connectivity index (χ0v) is 12.9. The molecule has 3 rings (SSSR count). The fourth-order valence-corrected chi connectivity index (χ4v) is 2.65. The van der Waals surface area contributed by atoms with Gasteiger partial charge in [-0.05, 0) is 12.1 Å². The van der Waals surface area contributed by atoms with Gasteiger partial charge in [0.05, 0.1) is 29.0 Å². The molecule has 2 aromatic heterocycles. The van der Waals surface area contributed by atoms with Crippen LogP contribution in [0.15, 0.2) is 39.9 Å². The topological polar surface area (TPSA) is 137 Å². The van der Waals surface area contributed by atoms with E-state index in [-0.39, 0.29) is 23.2 Å². The molecule has 0 radical (unpaired) electrons. The molecule has 120 valence electrons. The second-order valence-electron chi connectivity index (χ2n) is 4.78. The highest BCUT2D eigenvalue weighted by molar-refractivity contribution is 7.89. The Hall–Kier alpha value is -2.56. The highest BCUT2D eigenvalue weighted by Gasteiger charge is 2.18. The lowest BCUT2D eigenvalue weighted by molar-refractivity contribution is 0.270. The molecular formula is C13H13N5O4S. The van der Waals surface area contributed by atoms with E-state index in [0.29, 0.717) is 16.8 Å². The fraction of sp³-hybridized carbons (Fsp3) is 0.154. The number of hydrogen-bond donors (Lipinski definition) is 2. The maximum atomic E-state index is 11.4. The minimum absolute atomic E-state index is 0.0428. The standard InChI is InChI=1S/C13H13N5O4S/c1-18-11(7-19)10(6-15-18)13-16-12(17-22-13)8-3-2-4-9(5-8)23(14,20)21/h2-6,19H,7H2,1H3,(H2,14,20,21). The van der Waals surface area contributed by atoms with E-state index in [2.05, 4.69) is 15.2 Å². The molecule has 0 saturated carbocycles. The Morgan fingerprint density at radius 1 is 1.39 bits per heavy atom. The van der Waals surface area contributed by atoms with Crippen molar-refractivity contribution in [1.29, 1.82) is 0 Å². The number of sulfonamides is 1. The van der Waals surface area contributed by atoms with E-state index in [0.717, 1.165) is 0 Å². The van der Waals surface area contributed by atoms with Crippen LogP contribution in [-0.4, -0.2) is 33.4 Å². The van der Waals surface area contributed by atoms with Crippen LogP contribution in [0, 0.1) is 0 Å². The van der Waals surface area contributed by atoms with E-state index in [1.54, 1.807) is 13.1 Å². The second-order valence-corrected chi connectivity index (χ2v) is 6.34. The van der Waals surface area contributed by atoms with Gasteiger partial charge in [-0.3, -0.25) is 4.68 Å². The average molecular weight is 335 g/mol. The molecular weight excluding hydrogens is 322 g/mol. The number of aliphatic hydroxyl groups excluding tert-OH is 1. The minimum Gasteiger partial charge on any atom is -0.390 e. The van der Waals surface area contributed by atoms with Crippen molar-refractivity contribution in [2.75, 3.05) is 0 Å². The van der Waals surface area contributed by atoms with E-state index in [1.807, 2.05) is 0 Å². The monoisotopic (exact) mass is 335 g/mol. The van der Waals surface area contributed by atoms with Crippen LogP contribution >= 0.6 is 0 Å². The van der Waals surface area contributed by atoms with Crippen molar-refractivity contribution in [3.63, 3.8) is 0 Å². The maximum absolute atomic E-state index is 11.4. The number of benzene rings is 1. The number of aliphatic hydroxyl groups is 1. The van der Waals surface area contributed by atoms with Gasteiger partial charge in [-0.1, -0.05) is 17.3 Å². The largest absolute Gasteiger partial charge is 0.390 e. The van der Waals surface area contributed by atoms with Crippen molar-refractivity contribution in [3.05, 3.63) is 36.2 Å². The fourth-order valence-electron chi connectivity index (χ4n) is 2.09. The van der Waals surface area contributed by atoms with Gasteiger partial charge in [-0.2, -0.15) is 10.1 Å². The van der Waals surface area contributed by atoms with Gasteiger partial charge < -0.3 is 9.63 Å². The number of hydrogen-bond acceptors (Lipinski definition) is 7. The van der Waals surface area contributed by atoms with Crippen molar-refractivity contribution in [2.45, 2.75) is 11.5 Å². The summed E-state index contributed by atoms with van der Waals surface area (Å²) >= 11 is 0. The zero-order valence-electron chi connectivity index (χ0n) is 12.0. The molecule has 0 bridgehead atoms. The van der Waals surface area contributed by atoms with Gasteiger partial charge in [0.2, 0.25) is 15.8 Å². The first-order valence-corrected chi connectivity index (χ1v) is 8.04. The van der Waals surface area contributed by atoms with Crippen LogP contribution < -0.4 is 5.14 Å². The van der Waals surface area contributed by atoms with Crippen LogP contribution in [0.3, 0.4) is 0 Å². The molecule has 23 heavy (non-hydrogen) atoms. The summed E-state index contributed by atoms with van der Waals surface area (Å²) in [5, 5.41) is 22.3. The molecule has 0 fully saturated rings. The molecule has 3 aromatic rings. The van der Waals surface area contributed by atoms with Crippen molar-refractivity contribution >= 4 is 10.0 Å². The third-order valence-electron chi connectivity index (χ3n) is 3.29. The molecule has 0 spiro atoms. The summed E-state index contributed by atoms with van der Waals surface area (Å²) in [5.74, 6) is 0.386. The summed E-state index contributed by atoms with van der Waals surface area (Å²) in [6.07, 6.45) is 1.50. The van der Waals surface area contributed by atoms with E-state index < -0.39 is 10.0 Å². The summed E-state index contributed by atoms with van der Waals surface area (Å²) in [6.45, 7) is -0.232. The first kappa shape index (κ1) is 15.3. The smallest absolute Gasteiger partial charge is 0.261 e. The van der Waals surface area contributed by atoms with Gasteiger partial charge in [-0.15, -0.1) is 0 Å². The molecule has 3 N–H and O–H groups in total. The Balaban J connectivity index is 2.03. The lowest BCUT2D eigenvalue weighted by atomic mass is 10.2. The quantitative estimate of drug-likeness (QED) is 0.698. The van der Waals surface area contributed by atoms with E-state index in [9.17, 15) is 13.5 Å². The Kier molecular flexibility index (Phi) is 3.72. The third kappa shape index (κ3) is 2.86. The van der Waals surface area contributed by atoms with Crippen molar-refractivity contribution in [3.8, 4) is 22.8 Å². The van der Waals surface area contributed by atoms with Gasteiger partial charge in [0.1, 0.15) is 0 Å². The molecule has 0 unspecified atom stereocenters. The van der Waals surface area contributed by atoms with E-state index >= 15 is 0 Å². The molecule has 0 aliphatic carbocycles. The molecule has 9 nitrogen and oxygen atoms in total. The molecule has 2 heterocycles. The summed E-state index contributed by atoms with van der Waals surface area (Å²) in [5.41, 5.74) is 1.48. The first-order valence-electron chi connectivity index (χ1n) is 6.49. The van der Waals surface area contributed by atoms with Gasteiger partial charge in [0.25, 0.3) is 5.89 Å². The van der Waals surface area contributed by atoms with Crippen LogP contribution in [0.25, 0.3) is 22.8 Å². The lowest BCUT2D eigenvalue weighted by Crippen LogP contribution is -2.11. The van der Waals surface area contributed by atoms with Gasteiger partial charge in [0, 0.05) is 12.6 Å². The summed E-state index contributed by atoms with van der Waals surface area (Å²) in [4.78, 5) is 4.18. The number of nitrogens with zero attached hydrogens (tertiary/aromatic N) is 4. The van der Waals surface area contributed by atoms with E-state index in [1.165, 1.54) is 29.1 Å². The minimum atomic E-state index is -3.82. The van der Waals surface area contributed by atoms with Crippen molar-refractivity contribution < 1.29 is 18.0 Å². The van der Waals surface area contributed by atoms with Crippen LogP contribution in [0.2, 0.25) is 0 Å². The highest BCUT2D eigenvalue weighted by atomic mass is 32.2. The molecule has 0 aliphatic heterocycles. The Morgan fingerprint density at radius 2 is 2.17 bits per heavy atom. The summed E-state index contributed by atoms with van der Waals surface area (Å²) in [6, 6.07) is 5.92. The number of rotatable bonds is 4. The molecule has 10 heteroatoms. The van der Waals surface area contributed by atoms with Crippen molar-refractivity contribution in [2.24, 2.45) is 12.2 Å². The van der Waals surface area contributed by atoms with Gasteiger partial charge in [-0.25, -0.2) is 13.6 Å². The second kappa shape index (κ2) is 5.57. The highest BCUT2D eigenvalue weighted by Crippen LogP contribution is 2.25. The lowest BCUT2D eigenvalue weighted by Gasteiger charge is -1.99. The zero-order chi connectivity index (χ0) is 16.6. The molecule has 0 saturated heterocycles. The summed E-state index contributed by atoms with van der Waals surface area (Å²) < 4.78 is 29.5. The molecule has 0 aliphatic rings. The van der Waals surface area contributed by atoms with Crippen LogP contribution in [0.5, 0.6) is 0 Å². The first-order chi connectivity index (χ1) is 10.9. The maximum Gasteiger partial charge on any atom is 0.261 e. The molecule has 0 amide bonds. The molecule has 0 atom stereocenters. The Morgan fingerprint density at radius 3 is 2.87 bits per heavy atom. The third-order valence-corrected chi connectivity index (χ3v) is 4.20. The number of aryl methyl sites for hydroxylation is 1. The number of primary sulfonamides is 1. The summed E-state index contributed by atoms with van der Waals surface area (Å²) in [7, 11) is -2.14. The van der Waals surface area contributed by atoms with Crippen LogP contribution in [-0.2, 0) is 23.7 Å². The number of aromatic nitrogens is 4. The Bertz CT molecular complexity index is 960. The normalized spacial score (nSPS) is 11.8. The SMILES string of the molecule is Cn1ncc(-c2nc(-c3cccc(S(N)(=O)=O)c3)no2)c1CO. The predicted octanol–water partition coefficient (Wildman–Crippen LogP) is 0.277. The average Bonchev–Trinajstić information content (AvgIpc) is 3.12. The van der Waals surface area contributed by atoms with Crippen molar-refractivity contribution in [1.82, 2.24) is 19.9 Å². The van der Waals surface area contributed by atoms with Gasteiger partial charge in [0.15, 0.2) is 0 Å². The Labute approximate surface area is 131 Å². The molecule has 1 aromatic carbocycles. The predicted molar refractivity (Wildman–Crippen MR) is 79.2 cm³/mol. The van der Waals surface area contributed by atoms with Crippen LogP contribution in [0.1, 0.15) is 5.69 Å². The van der Waals surface area contributed by atoms with Gasteiger partial charge >= 0.3 is 0 Å².